The lowest BCUT2D eigenvalue weighted by Crippen LogP contribution is -2.28. The molecule has 0 saturated carbocycles. The summed E-state index contributed by atoms with van der Waals surface area (Å²) in [5.74, 6) is 0.699. The molecule has 2 amide bonds. The van der Waals surface area contributed by atoms with E-state index in [1.54, 1.807) is 13.2 Å². The van der Waals surface area contributed by atoms with Gasteiger partial charge < -0.3 is 15.4 Å². The number of nitrogens with one attached hydrogen (secondary N) is 2. The van der Waals surface area contributed by atoms with Gasteiger partial charge in [0, 0.05) is 17.1 Å². The van der Waals surface area contributed by atoms with E-state index in [-0.39, 0.29) is 6.03 Å². The zero-order valence-electron chi connectivity index (χ0n) is 8.63. The quantitative estimate of drug-likeness (QED) is 0.889. The van der Waals surface area contributed by atoms with Crippen LogP contribution in [-0.4, -0.2) is 19.7 Å². The van der Waals surface area contributed by atoms with Crippen molar-refractivity contribution < 1.29 is 9.53 Å². The first-order valence-electron chi connectivity index (χ1n) is 4.55. The van der Waals surface area contributed by atoms with Crippen molar-refractivity contribution >= 4 is 27.6 Å². The highest BCUT2D eigenvalue weighted by molar-refractivity contribution is 9.10. The molecule has 4 nitrogen and oxygen atoms in total. The number of benzene rings is 1. The molecule has 0 aromatic heterocycles. The van der Waals surface area contributed by atoms with Crippen molar-refractivity contribution in [2.75, 3.05) is 19.0 Å². The summed E-state index contributed by atoms with van der Waals surface area (Å²) in [6.45, 7) is 2.45. The van der Waals surface area contributed by atoms with Gasteiger partial charge in [-0.2, -0.15) is 0 Å². The summed E-state index contributed by atoms with van der Waals surface area (Å²) in [7, 11) is 1.58. The lowest BCUT2D eigenvalue weighted by atomic mass is 10.3. The molecule has 0 bridgehead atoms. The molecule has 0 aliphatic carbocycles. The third-order valence-electron chi connectivity index (χ3n) is 1.76. The number of methoxy groups -OCH3 is 1. The van der Waals surface area contributed by atoms with Crippen LogP contribution < -0.4 is 15.4 Å². The van der Waals surface area contributed by atoms with E-state index in [4.69, 9.17) is 4.74 Å². The molecule has 0 radical (unpaired) electrons. The molecule has 0 unspecified atom stereocenters. The van der Waals surface area contributed by atoms with Crippen LogP contribution in [0.25, 0.3) is 0 Å². The summed E-state index contributed by atoms with van der Waals surface area (Å²) in [5, 5.41) is 5.36. The average Bonchev–Trinajstić information content (AvgIpc) is 2.21. The highest BCUT2D eigenvalue weighted by atomic mass is 79.9. The van der Waals surface area contributed by atoms with Crippen LogP contribution >= 0.6 is 15.9 Å². The predicted octanol–water partition coefficient (Wildman–Crippen LogP) is 2.60. The molecule has 0 fully saturated rings. The van der Waals surface area contributed by atoms with Gasteiger partial charge in [0.2, 0.25) is 0 Å². The summed E-state index contributed by atoms with van der Waals surface area (Å²) < 4.78 is 5.87. The number of ether oxygens (including phenoxy) is 1. The Morgan fingerprint density at radius 1 is 1.53 bits per heavy atom. The maximum absolute atomic E-state index is 11.3. The van der Waals surface area contributed by atoms with Crippen molar-refractivity contribution in [2.45, 2.75) is 6.92 Å². The van der Waals surface area contributed by atoms with Crippen molar-refractivity contribution in [1.29, 1.82) is 0 Å². The molecule has 2 N–H and O–H groups in total. The van der Waals surface area contributed by atoms with E-state index in [0.717, 1.165) is 4.47 Å². The van der Waals surface area contributed by atoms with E-state index in [0.29, 0.717) is 18.0 Å². The summed E-state index contributed by atoms with van der Waals surface area (Å²) in [6, 6.07) is 5.15. The fraction of sp³-hybridized carbons (Fsp3) is 0.300. The first kappa shape index (κ1) is 11.8. The zero-order valence-corrected chi connectivity index (χ0v) is 10.2. The summed E-state index contributed by atoms with van der Waals surface area (Å²) in [4.78, 5) is 11.3. The number of rotatable bonds is 3. The van der Waals surface area contributed by atoms with Crippen molar-refractivity contribution in [3.05, 3.63) is 22.7 Å². The number of hydrogen-bond acceptors (Lipinski definition) is 2. The Bertz CT molecular complexity index is 355. The van der Waals surface area contributed by atoms with Crippen LogP contribution in [0, 0.1) is 0 Å². The van der Waals surface area contributed by atoms with Crippen LogP contribution in [0.2, 0.25) is 0 Å². The third kappa shape index (κ3) is 3.43. The Balaban J connectivity index is 2.79. The van der Waals surface area contributed by atoms with Gasteiger partial charge >= 0.3 is 6.03 Å². The van der Waals surface area contributed by atoms with Crippen molar-refractivity contribution in [2.24, 2.45) is 0 Å². The first-order valence-corrected chi connectivity index (χ1v) is 5.35. The standard InChI is InChI=1S/C10H13BrN2O2/c1-3-12-10(14)13-9-6-7(15-2)4-5-8(9)11/h4-6H,3H2,1-2H3,(H2,12,13,14). The van der Waals surface area contributed by atoms with Crippen molar-refractivity contribution in [3.63, 3.8) is 0 Å². The van der Waals surface area contributed by atoms with Crippen LogP contribution in [0.5, 0.6) is 5.75 Å². The van der Waals surface area contributed by atoms with Gasteiger partial charge in [-0.05, 0) is 35.0 Å². The second kappa shape index (κ2) is 5.60. The minimum Gasteiger partial charge on any atom is -0.497 e. The predicted molar refractivity (Wildman–Crippen MR) is 63.4 cm³/mol. The fourth-order valence-corrected chi connectivity index (χ4v) is 1.40. The highest BCUT2D eigenvalue weighted by Gasteiger charge is 2.05. The minimum atomic E-state index is -0.230. The van der Waals surface area contributed by atoms with Gasteiger partial charge in [-0.25, -0.2) is 4.79 Å². The Labute approximate surface area is 97.1 Å². The number of urea groups is 1. The van der Waals surface area contributed by atoms with Gasteiger partial charge in [-0.15, -0.1) is 0 Å². The number of amides is 2. The van der Waals surface area contributed by atoms with Gasteiger partial charge in [-0.3, -0.25) is 0 Å². The summed E-state index contributed by atoms with van der Waals surface area (Å²) in [5.41, 5.74) is 0.681. The van der Waals surface area contributed by atoms with Crippen molar-refractivity contribution in [3.8, 4) is 5.75 Å². The van der Waals surface area contributed by atoms with Gasteiger partial charge in [0.1, 0.15) is 5.75 Å². The van der Waals surface area contributed by atoms with Crippen LogP contribution in [0.3, 0.4) is 0 Å². The van der Waals surface area contributed by atoms with Crippen LogP contribution in [0.15, 0.2) is 22.7 Å². The SMILES string of the molecule is CCNC(=O)Nc1cc(OC)ccc1Br. The average molecular weight is 273 g/mol. The maximum atomic E-state index is 11.3. The summed E-state index contributed by atoms with van der Waals surface area (Å²) >= 11 is 3.34. The lowest BCUT2D eigenvalue weighted by Gasteiger charge is -2.09. The number of carbonyl (C=O) groups excluding carboxylic acids is 1. The highest BCUT2D eigenvalue weighted by Crippen LogP contribution is 2.26. The zero-order chi connectivity index (χ0) is 11.3. The molecule has 0 heterocycles. The van der Waals surface area contributed by atoms with E-state index in [1.807, 2.05) is 19.1 Å². The van der Waals surface area contributed by atoms with Gasteiger partial charge in [0.15, 0.2) is 0 Å². The molecule has 1 aromatic rings. The topological polar surface area (TPSA) is 50.4 Å². The Kier molecular flexibility index (Phi) is 4.42. The molecule has 1 rings (SSSR count). The Hall–Kier alpha value is -1.23. The third-order valence-corrected chi connectivity index (χ3v) is 2.45. The van der Waals surface area contributed by atoms with Crippen LogP contribution in [0.4, 0.5) is 10.5 Å². The second-order valence-electron chi connectivity index (χ2n) is 2.83. The van der Waals surface area contributed by atoms with E-state index < -0.39 is 0 Å². The van der Waals surface area contributed by atoms with Crippen molar-refractivity contribution in [1.82, 2.24) is 5.32 Å². The molecule has 5 heteroatoms. The van der Waals surface area contributed by atoms with E-state index in [1.165, 1.54) is 0 Å². The van der Waals surface area contributed by atoms with E-state index in [9.17, 15) is 4.79 Å². The molecular weight excluding hydrogens is 260 g/mol. The largest absolute Gasteiger partial charge is 0.497 e. The Morgan fingerprint density at radius 2 is 2.27 bits per heavy atom. The number of halogens is 1. The lowest BCUT2D eigenvalue weighted by molar-refractivity contribution is 0.252. The molecule has 0 atom stereocenters. The minimum absolute atomic E-state index is 0.230. The monoisotopic (exact) mass is 272 g/mol. The molecule has 0 aliphatic heterocycles. The maximum Gasteiger partial charge on any atom is 0.319 e. The van der Waals surface area contributed by atoms with Crippen LogP contribution in [0.1, 0.15) is 6.92 Å². The van der Waals surface area contributed by atoms with E-state index in [2.05, 4.69) is 26.6 Å². The second-order valence-corrected chi connectivity index (χ2v) is 3.68. The molecule has 82 valence electrons. The smallest absolute Gasteiger partial charge is 0.319 e. The van der Waals surface area contributed by atoms with Gasteiger partial charge in [-0.1, -0.05) is 0 Å². The van der Waals surface area contributed by atoms with E-state index >= 15 is 0 Å². The molecular formula is C10H13BrN2O2. The number of carbonyl (C=O) groups is 1. The molecule has 15 heavy (non-hydrogen) atoms. The molecule has 1 aromatic carbocycles. The normalized spacial score (nSPS) is 9.53. The summed E-state index contributed by atoms with van der Waals surface area (Å²) in [6.07, 6.45) is 0. The number of hydrogen-bond donors (Lipinski definition) is 2. The Morgan fingerprint density at radius 3 is 2.87 bits per heavy atom. The van der Waals surface area contributed by atoms with Gasteiger partial charge in [0.05, 0.1) is 12.8 Å². The molecule has 0 aliphatic rings. The molecule has 0 spiro atoms. The first-order chi connectivity index (χ1) is 7.17. The number of anilines is 1. The fourth-order valence-electron chi connectivity index (χ4n) is 1.05. The molecule has 0 saturated heterocycles. The van der Waals surface area contributed by atoms with Crippen LogP contribution in [-0.2, 0) is 0 Å². The van der Waals surface area contributed by atoms with Gasteiger partial charge in [0.25, 0.3) is 0 Å².